The van der Waals surface area contributed by atoms with Gasteiger partial charge in [-0.2, -0.15) is 0 Å². The summed E-state index contributed by atoms with van der Waals surface area (Å²) >= 11 is 0. The molecule has 2 amide bonds. The van der Waals surface area contributed by atoms with E-state index in [1.54, 1.807) is 0 Å². The molecule has 34 heavy (non-hydrogen) atoms. The molecule has 0 fully saturated rings. The molecule has 0 spiro atoms. The number of carboxylic acids is 2. The van der Waals surface area contributed by atoms with E-state index < -0.39 is 18.0 Å². The number of carbonyl (C=O) groups is 4. The van der Waals surface area contributed by atoms with Crippen LogP contribution in [0, 0.1) is 0 Å². The van der Waals surface area contributed by atoms with Crippen molar-refractivity contribution in [3.63, 3.8) is 0 Å². The number of amides is 2. The Morgan fingerprint density at radius 1 is 0.588 bits per heavy atom. The molecule has 10 heteroatoms. The van der Waals surface area contributed by atoms with Crippen molar-refractivity contribution in [3.05, 3.63) is 0 Å². The lowest BCUT2D eigenvalue weighted by atomic mass is 10.1. The fourth-order valence-corrected chi connectivity index (χ4v) is 3.61. The van der Waals surface area contributed by atoms with E-state index in [0.29, 0.717) is 51.6 Å². The molecule has 0 saturated heterocycles. The highest BCUT2D eigenvalue weighted by Crippen LogP contribution is 2.12. The van der Waals surface area contributed by atoms with Crippen molar-refractivity contribution in [1.29, 1.82) is 0 Å². The van der Waals surface area contributed by atoms with E-state index in [0.717, 1.165) is 38.5 Å². The topological polar surface area (TPSA) is 171 Å². The van der Waals surface area contributed by atoms with Gasteiger partial charge in [0.25, 0.3) is 0 Å². The second-order valence-corrected chi connectivity index (χ2v) is 8.79. The lowest BCUT2D eigenvalue weighted by Crippen LogP contribution is -2.41. The Morgan fingerprint density at radius 2 is 1.03 bits per heavy atom. The standard InChI is InChI=1S/C24H46N4O6/c25-28-20(24(33)34)14-11-12-18-26-22(30)16-13-19-27-21(29)15-9-7-5-3-1-2-4-6-8-10-17-23(31)32/h20,28H,1-19,25H2,(H,26,30)(H,27,29)(H,31,32)(H,33,34)/t20-/m0/s1. The van der Waals surface area contributed by atoms with Gasteiger partial charge in [0.2, 0.25) is 11.8 Å². The molecule has 0 aromatic heterocycles. The first-order valence-corrected chi connectivity index (χ1v) is 12.8. The summed E-state index contributed by atoms with van der Waals surface area (Å²) in [4.78, 5) is 44.9. The van der Waals surface area contributed by atoms with Gasteiger partial charge in [0.15, 0.2) is 0 Å². The summed E-state index contributed by atoms with van der Waals surface area (Å²) in [6, 6.07) is -0.765. The first kappa shape index (κ1) is 31.8. The maximum Gasteiger partial charge on any atom is 0.322 e. The van der Waals surface area contributed by atoms with Crippen LogP contribution in [0.5, 0.6) is 0 Å². The van der Waals surface area contributed by atoms with Gasteiger partial charge in [-0.15, -0.1) is 0 Å². The van der Waals surface area contributed by atoms with E-state index in [4.69, 9.17) is 16.1 Å². The van der Waals surface area contributed by atoms with Crippen LogP contribution in [0.3, 0.4) is 0 Å². The fraction of sp³-hybridized carbons (Fsp3) is 0.833. The zero-order valence-corrected chi connectivity index (χ0v) is 20.6. The summed E-state index contributed by atoms with van der Waals surface area (Å²) in [5.74, 6) is 3.43. The number of rotatable bonds is 24. The number of aliphatic carboxylic acids is 2. The first-order valence-electron chi connectivity index (χ1n) is 12.8. The normalized spacial score (nSPS) is 11.7. The molecule has 0 aliphatic carbocycles. The summed E-state index contributed by atoms with van der Waals surface area (Å²) in [6.07, 6.45) is 14.1. The molecule has 1 atom stereocenters. The van der Waals surface area contributed by atoms with Crippen LogP contribution < -0.4 is 21.9 Å². The number of hydrogen-bond donors (Lipinski definition) is 6. The van der Waals surface area contributed by atoms with Gasteiger partial charge in [-0.1, -0.05) is 51.4 Å². The van der Waals surface area contributed by atoms with Crippen molar-refractivity contribution in [3.8, 4) is 0 Å². The van der Waals surface area contributed by atoms with Crippen LogP contribution in [0.15, 0.2) is 0 Å². The molecule has 0 rings (SSSR count). The average Bonchev–Trinajstić information content (AvgIpc) is 2.79. The molecule has 0 heterocycles. The van der Waals surface area contributed by atoms with E-state index in [1.165, 1.54) is 25.7 Å². The summed E-state index contributed by atoms with van der Waals surface area (Å²) in [5.41, 5.74) is 2.25. The van der Waals surface area contributed by atoms with Crippen LogP contribution in [0.2, 0.25) is 0 Å². The Labute approximate surface area is 203 Å². The van der Waals surface area contributed by atoms with Crippen LogP contribution in [-0.4, -0.2) is 53.1 Å². The third-order valence-electron chi connectivity index (χ3n) is 5.69. The quantitative estimate of drug-likeness (QED) is 0.0687. The third-order valence-corrected chi connectivity index (χ3v) is 5.69. The third kappa shape index (κ3) is 21.6. The molecule has 0 unspecified atom stereocenters. The SMILES string of the molecule is NN[C@@H](CCCCNC(=O)CCCNC(=O)CCCCCCCCCCCCC(=O)O)C(=O)O. The van der Waals surface area contributed by atoms with Gasteiger partial charge in [-0.25, -0.2) is 5.43 Å². The number of carbonyl (C=O) groups excluding carboxylic acids is 2. The summed E-state index contributed by atoms with van der Waals surface area (Å²) in [5, 5.41) is 23.1. The first-order chi connectivity index (χ1) is 16.4. The number of nitrogens with two attached hydrogens (primary N) is 1. The molecular formula is C24H46N4O6. The van der Waals surface area contributed by atoms with Crippen LogP contribution in [0.1, 0.15) is 109 Å². The van der Waals surface area contributed by atoms with Crippen molar-refractivity contribution >= 4 is 23.8 Å². The molecule has 198 valence electrons. The smallest absolute Gasteiger partial charge is 0.322 e. The summed E-state index contributed by atoms with van der Waals surface area (Å²) in [7, 11) is 0. The van der Waals surface area contributed by atoms with Gasteiger partial charge < -0.3 is 20.8 Å². The van der Waals surface area contributed by atoms with E-state index in [2.05, 4.69) is 16.1 Å². The second-order valence-electron chi connectivity index (χ2n) is 8.79. The molecule has 0 radical (unpaired) electrons. The van der Waals surface area contributed by atoms with E-state index in [1.807, 2.05) is 0 Å². The molecule has 7 N–H and O–H groups in total. The number of hydrogen-bond acceptors (Lipinski definition) is 6. The molecular weight excluding hydrogens is 440 g/mol. The Balaban J connectivity index is 3.40. The average molecular weight is 487 g/mol. The highest BCUT2D eigenvalue weighted by atomic mass is 16.4. The minimum Gasteiger partial charge on any atom is -0.481 e. The van der Waals surface area contributed by atoms with Gasteiger partial charge >= 0.3 is 11.9 Å². The predicted octanol–water partition coefficient (Wildman–Crippen LogP) is 2.85. The monoisotopic (exact) mass is 486 g/mol. The zero-order chi connectivity index (χ0) is 25.4. The zero-order valence-electron chi connectivity index (χ0n) is 20.6. The minimum absolute atomic E-state index is 0.0308. The van der Waals surface area contributed by atoms with Gasteiger partial charge in [-0.3, -0.25) is 25.0 Å². The molecule has 0 aliphatic heterocycles. The number of hydrazine groups is 1. The van der Waals surface area contributed by atoms with Gasteiger partial charge in [0, 0.05) is 32.4 Å². The summed E-state index contributed by atoms with van der Waals surface area (Å²) < 4.78 is 0. The van der Waals surface area contributed by atoms with Gasteiger partial charge in [0.05, 0.1) is 0 Å². The highest BCUT2D eigenvalue weighted by molar-refractivity contribution is 5.77. The van der Waals surface area contributed by atoms with Crippen molar-refractivity contribution in [1.82, 2.24) is 16.1 Å². The van der Waals surface area contributed by atoms with E-state index in [-0.39, 0.29) is 18.2 Å². The van der Waals surface area contributed by atoms with Crippen LogP contribution in [0.25, 0.3) is 0 Å². The Hall–Kier alpha value is -2.20. The molecule has 0 aromatic rings. The maximum atomic E-state index is 11.9. The van der Waals surface area contributed by atoms with Crippen LogP contribution >= 0.6 is 0 Å². The maximum absolute atomic E-state index is 11.9. The largest absolute Gasteiger partial charge is 0.481 e. The fourth-order valence-electron chi connectivity index (χ4n) is 3.61. The van der Waals surface area contributed by atoms with Gasteiger partial charge in [0.1, 0.15) is 6.04 Å². The minimum atomic E-state index is -0.983. The number of nitrogens with one attached hydrogen (secondary N) is 3. The number of carboxylic acid groups (broad SMARTS) is 2. The second kappa shape index (κ2) is 22.6. The van der Waals surface area contributed by atoms with Crippen LogP contribution in [0.4, 0.5) is 0 Å². The van der Waals surface area contributed by atoms with Gasteiger partial charge in [-0.05, 0) is 38.5 Å². The Bertz CT molecular complexity index is 574. The molecule has 0 aliphatic rings. The number of unbranched alkanes of at least 4 members (excludes halogenated alkanes) is 10. The lowest BCUT2D eigenvalue weighted by Gasteiger charge is -2.10. The molecule has 0 saturated carbocycles. The predicted molar refractivity (Wildman–Crippen MR) is 131 cm³/mol. The van der Waals surface area contributed by atoms with E-state index >= 15 is 0 Å². The van der Waals surface area contributed by atoms with Crippen molar-refractivity contribution in [2.24, 2.45) is 5.84 Å². The molecule has 0 bridgehead atoms. The highest BCUT2D eigenvalue weighted by Gasteiger charge is 2.14. The molecule has 10 nitrogen and oxygen atoms in total. The Morgan fingerprint density at radius 3 is 1.50 bits per heavy atom. The lowest BCUT2D eigenvalue weighted by molar-refractivity contribution is -0.140. The molecule has 0 aromatic carbocycles. The van der Waals surface area contributed by atoms with E-state index in [9.17, 15) is 19.2 Å². The van der Waals surface area contributed by atoms with Crippen molar-refractivity contribution in [2.75, 3.05) is 13.1 Å². The van der Waals surface area contributed by atoms with Crippen molar-refractivity contribution < 1.29 is 29.4 Å². The summed E-state index contributed by atoms with van der Waals surface area (Å²) in [6.45, 7) is 0.982. The Kier molecular flexibility index (Phi) is 21.1. The van der Waals surface area contributed by atoms with Crippen molar-refractivity contribution in [2.45, 2.75) is 115 Å². The van der Waals surface area contributed by atoms with Crippen LogP contribution in [-0.2, 0) is 19.2 Å².